The number of nitrogens with one attached hydrogen (secondary N) is 2. The highest BCUT2D eigenvalue weighted by atomic mass is 16.2. The van der Waals surface area contributed by atoms with Gasteiger partial charge in [0.05, 0.1) is 5.52 Å². The number of rotatable bonds is 2. The zero-order valence-electron chi connectivity index (χ0n) is 11.6. The molecule has 1 aliphatic rings. The van der Waals surface area contributed by atoms with Crippen LogP contribution in [0.2, 0.25) is 0 Å². The number of nitrogens with zero attached hydrogens (tertiary/aromatic N) is 2. The van der Waals surface area contributed by atoms with E-state index in [1.807, 2.05) is 12.1 Å². The summed E-state index contributed by atoms with van der Waals surface area (Å²) in [6.45, 7) is 8.49. The van der Waals surface area contributed by atoms with Crippen molar-refractivity contribution >= 4 is 23.0 Å². The molecule has 0 unspecified atom stereocenters. The highest BCUT2D eigenvalue weighted by Gasteiger charge is 2.68. The van der Waals surface area contributed by atoms with Crippen molar-refractivity contribution in [3.05, 3.63) is 18.3 Å². The van der Waals surface area contributed by atoms with Gasteiger partial charge in [-0.3, -0.25) is 10.1 Å². The van der Waals surface area contributed by atoms with Crippen LogP contribution in [0.1, 0.15) is 27.7 Å². The van der Waals surface area contributed by atoms with Gasteiger partial charge in [-0.1, -0.05) is 27.7 Å². The maximum absolute atomic E-state index is 12.3. The molecule has 0 atom stereocenters. The van der Waals surface area contributed by atoms with Crippen LogP contribution in [-0.4, -0.2) is 20.9 Å². The van der Waals surface area contributed by atoms with Crippen molar-refractivity contribution in [2.45, 2.75) is 27.7 Å². The summed E-state index contributed by atoms with van der Waals surface area (Å²) in [5, 5.41) is 2.86. The highest BCUT2D eigenvalue weighted by Crippen LogP contribution is 2.68. The fourth-order valence-electron chi connectivity index (χ4n) is 2.94. The number of hydrogen-bond acceptors (Lipinski definition) is 3. The van der Waals surface area contributed by atoms with Crippen molar-refractivity contribution in [2.75, 3.05) is 5.32 Å². The van der Waals surface area contributed by atoms with Gasteiger partial charge in [-0.05, 0) is 23.0 Å². The molecule has 2 aromatic rings. The third kappa shape index (κ3) is 1.64. The number of hydrogen-bond donors (Lipinski definition) is 2. The Morgan fingerprint density at radius 1 is 1.32 bits per heavy atom. The van der Waals surface area contributed by atoms with E-state index in [1.54, 1.807) is 6.20 Å². The van der Waals surface area contributed by atoms with Crippen LogP contribution >= 0.6 is 0 Å². The zero-order valence-corrected chi connectivity index (χ0v) is 11.6. The molecule has 1 amide bonds. The van der Waals surface area contributed by atoms with Crippen molar-refractivity contribution in [3.8, 4) is 0 Å². The van der Waals surface area contributed by atoms with Gasteiger partial charge in [-0.15, -0.1) is 0 Å². The molecule has 0 aromatic carbocycles. The SMILES string of the molecule is CC1(C)C(C(=O)Nc2nc3ncccc3[nH]2)C1(C)C. The van der Waals surface area contributed by atoms with E-state index >= 15 is 0 Å². The lowest BCUT2D eigenvalue weighted by Gasteiger charge is -2.03. The summed E-state index contributed by atoms with van der Waals surface area (Å²) in [7, 11) is 0. The fourth-order valence-corrected chi connectivity index (χ4v) is 2.94. The van der Waals surface area contributed by atoms with E-state index in [0.717, 1.165) is 5.52 Å². The van der Waals surface area contributed by atoms with Crippen molar-refractivity contribution in [1.29, 1.82) is 0 Å². The van der Waals surface area contributed by atoms with Crippen LogP contribution < -0.4 is 5.32 Å². The number of pyridine rings is 1. The molecule has 2 aromatic heterocycles. The first-order valence-corrected chi connectivity index (χ1v) is 6.45. The standard InChI is InChI=1S/C14H18N4O/c1-13(2)9(14(13,3)4)11(19)18-12-16-8-6-5-7-15-10(8)17-12/h5-7,9H,1-4H3,(H2,15,16,17,18,19). The molecule has 2 heterocycles. The zero-order chi connectivity index (χ0) is 13.8. The fraction of sp³-hybridized carbons (Fsp3) is 0.500. The lowest BCUT2D eigenvalue weighted by molar-refractivity contribution is -0.118. The quantitative estimate of drug-likeness (QED) is 0.869. The van der Waals surface area contributed by atoms with E-state index in [2.05, 4.69) is 48.0 Å². The predicted octanol–water partition coefficient (Wildman–Crippen LogP) is 2.58. The third-order valence-electron chi connectivity index (χ3n) is 4.78. The van der Waals surface area contributed by atoms with Crippen molar-refractivity contribution < 1.29 is 4.79 Å². The van der Waals surface area contributed by atoms with Gasteiger partial charge in [0.15, 0.2) is 5.65 Å². The second-order valence-corrected chi connectivity index (χ2v) is 6.33. The van der Waals surface area contributed by atoms with Crippen LogP contribution in [0.3, 0.4) is 0 Å². The summed E-state index contributed by atoms with van der Waals surface area (Å²) in [5.41, 5.74) is 1.50. The number of anilines is 1. The van der Waals surface area contributed by atoms with E-state index < -0.39 is 0 Å². The minimum absolute atomic E-state index is 0.0150. The highest BCUT2D eigenvalue weighted by molar-refractivity contribution is 5.95. The Bertz CT molecular complexity index is 609. The first kappa shape index (κ1) is 12.1. The Balaban J connectivity index is 1.81. The average molecular weight is 258 g/mol. The minimum Gasteiger partial charge on any atom is -0.322 e. The van der Waals surface area contributed by atoms with Gasteiger partial charge in [0.2, 0.25) is 11.9 Å². The second-order valence-electron chi connectivity index (χ2n) is 6.33. The molecule has 19 heavy (non-hydrogen) atoms. The number of imidazole rings is 1. The first-order valence-electron chi connectivity index (χ1n) is 6.45. The molecule has 0 spiro atoms. The summed E-state index contributed by atoms with van der Waals surface area (Å²) < 4.78 is 0. The Hall–Kier alpha value is -1.91. The molecule has 5 heteroatoms. The largest absolute Gasteiger partial charge is 0.322 e. The van der Waals surface area contributed by atoms with Crippen LogP contribution in [0.25, 0.3) is 11.2 Å². The van der Waals surface area contributed by atoms with Crippen molar-refractivity contribution in [2.24, 2.45) is 16.7 Å². The van der Waals surface area contributed by atoms with Crippen LogP contribution in [0.15, 0.2) is 18.3 Å². The molecule has 1 aliphatic carbocycles. The molecular formula is C14H18N4O. The number of fused-ring (bicyclic) bond motifs is 1. The molecular weight excluding hydrogens is 240 g/mol. The number of aromatic amines is 1. The van der Waals surface area contributed by atoms with E-state index in [4.69, 9.17) is 0 Å². The number of aromatic nitrogens is 3. The van der Waals surface area contributed by atoms with E-state index in [1.165, 1.54) is 0 Å². The van der Waals surface area contributed by atoms with Gasteiger partial charge >= 0.3 is 0 Å². The van der Waals surface area contributed by atoms with Crippen LogP contribution in [-0.2, 0) is 4.79 Å². The van der Waals surface area contributed by atoms with E-state index in [9.17, 15) is 4.79 Å². The number of amides is 1. The molecule has 0 bridgehead atoms. The summed E-state index contributed by atoms with van der Waals surface area (Å²) in [6.07, 6.45) is 1.68. The number of H-pyrrole nitrogens is 1. The molecule has 1 saturated carbocycles. The van der Waals surface area contributed by atoms with Gasteiger partial charge in [0, 0.05) is 12.1 Å². The molecule has 0 saturated heterocycles. The maximum atomic E-state index is 12.3. The normalized spacial score (nSPS) is 20.4. The molecule has 3 rings (SSSR count). The molecule has 1 fully saturated rings. The molecule has 5 nitrogen and oxygen atoms in total. The Labute approximate surface area is 111 Å². The Morgan fingerprint density at radius 2 is 2.00 bits per heavy atom. The van der Waals surface area contributed by atoms with Gasteiger partial charge in [-0.2, -0.15) is 4.98 Å². The molecule has 0 radical (unpaired) electrons. The van der Waals surface area contributed by atoms with E-state index in [-0.39, 0.29) is 22.7 Å². The van der Waals surface area contributed by atoms with E-state index in [0.29, 0.717) is 11.6 Å². The first-order chi connectivity index (χ1) is 8.84. The molecule has 100 valence electrons. The summed E-state index contributed by atoms with van der Waals surface area (Å²) in [4.78, 5) is 23.7. The smallest absolute Gasteiger partial charge is 0.230 e. The average Bonchev–Trinajstić information content (AvgIpc) is 2.61. The van der Waals surface area contributed by atoms with Crippen molar-refractivity contribution in [3.63, 3.8) is 0 Å². The maximum Gasteiger partial charge on any atom is 0.230 e. The Kier molecular flexibility index (Phi) is 2.27. The number of carbonyl (C=O) groups is 1. The predicted molar refractivity (Wildman–Crippen MR) is 73.6 cm³/mol. The van der Waals surface area contributed by atoms with Gasteiger partial charge in [-0.25, -0.2) is 4.98 Å². The molecule has 2 N–H and O–H groups in total. The monoisotopic (exact) mass is 258 g/mol. The number of carbonyl (C=O) groups excluding carboxylic acids is 1. The minimum atomic E-state index is 0.0150. The second kappa shape index (κ2) is 3.56. The lowest BCUT2D eigenvalue weighted by atomic mass is 10.0. The third-order valence-corrected chi connectivity index (χ3v) is 4.78. The van der Waals surface area contributed by atoms with Gasteiger partial charge in [0.1, 0.15) is 0 Å². The van der Waals surface area contributed by atoms with Crippen molar-refractivity contribution in [1.82, 2.24) is 15.0 Å². The summed E-state index contributed by atoms with van der Waals surface area (Å²) in [6, 6.07) is 3.72. The Morgan fingerprint density at radius 3 is 2.58 bits per heavy atom. The molecule has 0 aliphatic heterocycles. The van der Waals surface area contributed by atoms with Gasteiger partial charge in [0.25, 0.3) is 0 Å². The summed E-state index contributed by atoms with van der Waals surface area (Å²) in [5.74, 6) is 0.507. The summed E-state index contributed by atoms with van der Waals surface area (Å²) >= 11 is 0. The van der Waals surface area contributed by atoms with Crippen LogP contribution in [0.4, 0.5) is 5.95 Å². The van der Waals surface area contributed by atoms with Crippen LogP contribution in [0, 0.1) is 16.7 Å². The van der Waals surface area contributed by atoms with Crippen LogP contribution in [0.5, 0.6) is 0 Å². The topological polar surface area (TPSA) is 70.7 Å². The lowest BCUT2D eigenvalue weighted by Crippen LogP contribution is -2.18. The van der Waals surface area contributed by atoms with Gasteiger partial charge < -0.3 is 4.98 Å².